The Kier molecular flexibility index (Phi) is 8.54. The van der Waals surface area contributed by atoms with Crippen molar-refractivity contribution in [1.82, 2.24) is 10.6 Å². The molecule has 3 rings (SSSR count). The summed E-state index contributed by atoms with van der Waals surface area (Å²) in [4.78, 5) is 7.27. The first-order chi connectivity index (χ1) is 12.3. The molecule has 2 N–H and O–H groups in total. The molecular weight excluding hydrogens is 439 g/mol. The number of benzene rings is 1. The largest absolute Gasteiger partial charge is 0.497 e. The molecule has 1 unspecified atom stereocenters. The SMILES string of the molecule is CCNC(=NCC1CCN(c2cccc(OC)c2)C1)NC1CC=CC1.I. The van der Waals surface area contributed by atoms with E-state index in [1.165, 1.54) is 12.1 Å². The molecule has 26 heavy (non-hydrogen) atoms. The normalized spacial score (nSPS) is 20.2. The number of halogens is 1. The number of rotatable bonds is 6. The van der Waals surface area contributed by atoms with Crippen molar-refractivity contribution in [2.24, 2.45) is 10.9 Å². The zero-order valence-electron chi connectivity index (χ0n) is 15.8. The number of nitrogens with one attached hydrogen (secondary N) is 2. The van der Waals surface area contributed by atoms with E-state index in [1.807, 2.05) is 6.07 Å². The van der Waals surface area contributed by atoms with E-state index in [0.717, 1.165) is 50.7 Å². The maximum absolute atomic E-state index is 5.34. The molecule has 0 bridgehead atoms. The average Bonchev–Trinajstić information content (AvgIpc) is 3.32. The van der Waals surface area contributed by atoms with Crippen LogP contribution in [0, 0.1) is 5.92 Å². The Morgan fingerprint density at radius 3 is 2.85 bits per heavy atom. The molecule has 1 heterocycles. The third-order valence-electron chi connectivity index (χ3n) is 4.90. The minimum Gasteiger partial charge on any atom is -0.497 e. The van der Waals surface area contributed by atoms with Gasteiger partial charge in [0.05, 0.1) is 7.11 Å². The molecule has 1 saturated heterocycles. The third-order valence-corrected chi connectivity index (χ3v) is 4.90. The molecule has 1 aliphatic carbocycles. The van der Waals surface area contributed by atoms with Gasteiger partial charge in [-0.2, -0.15) is 0 Å². The Balaban J connectivity index is 0.00000243. The van der Waals surface area contributed by atoms with Crippen molar-refractivity contribution in [2.75, 3.05) is 38.2 Å². The first-order valence-corrected chi connectivity index (χ1v) is 9.37. The van der Waals surface area contributed by atoms with Gasteiger partial charge in [0.25, 0.3) is 0 Å². The molecule has 144 valence electrons. The lowest BCUT2D eigenvalue weighted by molar-refractivity contribution is 0.415. The summed E-state index contributed by atoms with van der Waals surface area (Å²) < 4.78 is 5.34. The van der Waals surface area contributed by atoms with Crippen LogP contribution < -0.4 is 20.3 Å². The van der Waals surface area contributed by atoms with Crippen molar-refractivity contribution >= 4 is 35.6 Å². The van der Waals surface area contributed by atoms with E-state index in [1.54, 1.807) is 7.11 Å². The van der Waals surface area contributed by atoms with Crippen LogP contribution in [-0.4, -0.2) is 45.3 Å². The summed E-state index contributed by atoms with van der Waals surface area (Å²) in [7, 11) is 1.72. The Labute approximate surface area is 174 Å². The molecule has 5 nitrogen and oxygen atoms in total. The highest BCUT2D eigenvalue weighted by molar-refractivity contribution is 14.0. The lowest BCUT2D eigenvalue weighted by Gasteiger charge is -2.19. The van der Waals surface area contributed by atoms with Crippen LogP contribution in [0.1, 0.15) is 26.2 Å². The van der Waals surface area contributed by atoms with Crippen molar-refractivity contribution in [1.29, 1.82) is 0 Å². The quantitative estimate of drug-likeness (QED) is 0.290. The predicted molar refractivity (Wildman–Crippen MR) is 120 cm³/mol. The fourth-order valence-electron chi connectivity index (χ4n) is 3.49. The summed E-state index contributed by atoms with van der Waals surface area (Å²) >= 11 is 0. The van der Waals surface area contributed by atoms with Crippen LogP contribution in [-0.2, 0) is 0 Å². The van der Waals surface area contributed by atoms with Gasteiger partial charge in [0.1, 0.15) is 5.75 Å². The Bertz CT molecular complexity index is 612. The van der Waals surface area contributed by atoms with Gasteiger partial charge < -0.3 is 20.3 Å². The van der Waals surface area contributed by atoms with Crippen molar-refractivity contribution in [2.45, 2.75) is 32.2 Å². The number of methoxy groups -OCH3 is 1. The first kappa shape index (κ1) is 20.9. The topological polar surface area (TPSA) is 48.9 Å². The third kappa shape index (κ3) is 5.79. The second-order valence-corrected chi connectivity index (χ2v) is 6.81. The number of anilines is 1. The second kappa shape index (κ2) is 10.6. The van der Waals surface area contributed by atoms with Crippen LogP contribution in [0.3, 0.4) is 0 Å². The molecule has 6 heteroatoms. The van der Waals surface area contributed by atoms with Gasteiger partial charge in [-0.25, -0.2) is 0 Å². The standard InChI is InChI=1S/C20H30N4O.HI/c1-3-21-20(23-17-7-4-5-8-17)22-14-16-11-12-24(15-16)18-9-6-10-19(13-18)25-2;/h4-6,9-10,13,16-17H,3,7-8,11-12,14-15H2,1-2H3,(H2,21,22,23);1H. The van der Waals surface area contributed by atoms with E-state index >= 15 is 0 Å². The molecule has 0 spiro atoms. The van der Waals surface area contributed by atoms with E-state index in [2.05, 4.69) is 52.8 Å². The van der Waals surface area contributed by atoms with Gasteiger partial charge >= 0.3 is 0 Å². The van der Waals surface area contributed by atoms with Gasteiger partial charge in [-0.3, -0.25) is 4.99 Å². The Morgan fingerprint density at radius 2 is 2.12 bits per heavy atom. The molecule has 1 atom stereocenters. The molecule has 1 aromatic rings. The van der Waals surface area contributed by atoms with Crippen LogP contribution in [0.5, 0.6) is 5.75 Å². The summed E-state index contributed by atoms with van der Waals surface area (Å²) in [6.45, 7) is 6.03. The molecule has 1 aromatic carbocycles. The van der Waals surface area contributed by atoms with E-state index in [0.29, 0.717) is 12.0 Å². The smallest absolute Gasteiger partial charge is 0.191 e. The molecule has 1 fully saturated rings. The average molecular weight is 470 g/mol. The van der Waals surface area contributed by atoms with Gasteiger partial charge in [0, 0.05) is 44.0 Å². The fourth-order valence-corrected chi connectivity index (χ4v) is 3.49. The summed E-state index contributed by atoms with van der Waals surface area (Å²) in [5.74, 6) is 2.47. The number of nitrogens with zero attached hydrogens (tertiary/aromatic N) is 2. The molecule has 2 aliphatic rings. The maximum Gasteiger partial charge on any atom is 0.191 e. The first-order valence-electron chi connectivity index (χ1n) is 9.37. The highest BCUT2D eigenvalue weighted by atomic mass is 127. The zero-order chi connectivity index (χ0) is 17.5. The summed E-state index contributed by atoms with van der Waals surface area (Å²) in [6, 6.07) is 8.82. The van der Waals surface area contributed by atoms with Crippen molar-refractivity contribution < 1.29 is 4.74 Å². The number of guanidine groups is 1. The van der Waals surface area contributed by atoms with Crippen LogP contribution in [0.25, 0.3) is 0 Å². The summed E-state index contributed by atoms with van der Waals surface area (Å²) in [6.07, 6.45) is 7.86. The van der Waals surface area contributed by atoms with Crippen LogP contribution in [0.15, 0.2) is 41.4 Å². The predicted octanol–water partition coefficient (Wildman–Crippen LogP) is 3.41. The van der Waals surface area contributed by atoms with Crippen molar-refractivity contribution in [3.63, 3.8) is 0 Å². The van der Waals surface area contributed by atoms with Crippen molar-refractivity contribution in [3.05, 3.63) is 36.4 Å². The van der Waals surface area contributed by atoms with Crippen LogP contribution in [0.2, 0.25) is 0 Å². The highest BCUT2D eigenvalue weighted by Crippen LogP contribution is 2.27. The second-order valence-electron chi connectivity index (χ2n) is 6.81. The lowest BCUT2D eigenvalue weighted by atomic mass is 10.1. The minimum atomic E-state index is 0. The molecule has 0 aromatic heterocycles. The molecule has 0 saturated carbocycles. The molecule has 0 radical (unpaired) electrons. The molecular formula is C20H31IN4O. The number of hydrogen-bond donors (Lipinski definition) is 2. The Hall–Kier alpha value is -1.44. The minimum absolute atomic E-state index is 0. The molecule has 0 amide bonds. The maximum atomic E-state index is 5.34. The van der Waals surface area contributed by atoms with Gasteiger partial charge in [-0.15, -0.1) is 24.0 Å². The summed E-state index contributed by atoms with van der Waals surface area (Å²) in [5, 5.41) is 6.92. The van der Waals surface area contributed by atoms with E-state index in [-0.39, 0.29) is 24.0 Å². The van der Waals surface area contributed by atoms with Crippen molar-refractivity contribution in [3.8, 4) is 5.75 Å². The summed E-state index contributed by atoms with van der Waals surface area (Å²) in [5.41, 5.74) is 1.24. The zero-order valence-corrected chi connectivity index (χ0v) is 18.1. The number of aliphatic imine (C=N–C) groups is 1. The molecule has 1 aliphatic heterocycles. The number of hydrogen-bond acceptors (Lipinski definition) is 3. The van der Waals surface area contributed by atoms with Gasteiger partial charge in [0.15, 0.2) is 5.96 Å². The van der Waals surface area contributed by atoms with Gasteiger partial charge in [-0.1, -0.05) is 18.2 Å². The van der Waals surface area contributed by atoms with E-state index in [4.69, 9.17) is 9.73 Å². The lowest BCUT2D eigenvalue weighted by Crippen LogP contribution is -2.42. The highest BCUT2D eigenvalue weighted by Gasteiger charge is 2.23. The van der Waals surface area contributed by atoms with Gasteiger partial charge in [0.2, 0.25) is 0 Å². The number of ether oxygens (including phenoxy) is 1. The van der Waals surface area contributed by atoms with Crippen LogP contribution >= 0.6 is 24.0 Å². The van der Waals surface area contributed by atoms with E-state index in [9.17, 15) is 0 Å². The fraction of sp³-hybridized carbons (Fsp3) is 0.550. The Morgan fingerprint density at radius 1 is 1.31 bits per heavy atom. The van der Waals surface area contributed by atoms with Crippen LogP contribution in [0.4, 0.5) is 5.69 Å². The monoisotopic (exact) mass is 470 g/mol. The van der Waals surface area contributed by atoms with Gasteiger partial charge in [-0.05, 0) is 44.2 Å². The van der Waals surface area contributed by atoms with E-state index < -0.39 is 0 Å².